The second kappa shape index (κ2) is 10.0. The van der Waals surface area contributed by atoms with Crippen LogP contribution in [-0.4, -0.2) is 85.2 Å². The number of para-hydroxylation sites is 1. The molecule has 4 rings (SSSR count). The maximum atomic E-state index is 10.6. The van der Waals surface area contributed by atoms with Crippen LogP contribution in [0.1, 0.15) is 5.82 Å². The number of rotatable bonds is 5. The fourth-order valence-corrected chi connectivity index (χ4v) is 2.96. The highest BCUT2D eigenvalue weighted by Crippen LogP contribution is 2.16. The van der Waals surface area contributed by atoms with Gasteiger partial charge in [-0.15, -0.1) is 5.10 Å². The van der Waals surface area contributed by atoms with Crippen LogP contribution in [0.5, 0.6) is 0 Å². The Morgan fingerprint density at radius 2 is 1.77 bits per heavy atom. The zero-order chi connectivity index (χ0) is 22.3. The van der Waals surface area contributed by atoms with Gasteiger partial charge in [0.05, 0.1) is 0 Å². The number of H-pyrrole nitrogens is 2. The number of alkyl halides is 3. The number of nitrogens with zero attached hydrogens (tertiary/aromatic N) is 6. The molecule has 166 valence electrons. The van der Waals surface area contributed by atoms with E-state index in [1.807, 2.05) is 0 Å². The monoisotopic (exact) mass is 438 g/mol. The van der Waals surface area contributed by atoms with Crippen LogP contribution in [0.3, 0.4) is 0 Å². The zero-order valence-electron chi connectivity index (χ0n) is 16.4. The third-order valence-corrected chi connectivity index (χ3v) is 4.56. The van der Waals surface area contributed by atoms with Gasteiger partial charge < -0.3 is 10.0 Å². The van der Waals surface area contributed by atoms with Gasteiger partial charge >= 0.3 is 12.1 Å². The average Bonchev–Trinajstić information content (AvgIpc) is 3.45. The lowest BCUT2D eigenvalue weighted by Crippen LogP contribution is -2.47. The van der Waals surface area contributed by atoms with E-state index in [-0.39, 0.29) is 0 Å². The van der Waals surface area contributed by atoms with E-state index in [0.717, 1.165) is 45.0 Å². The number of benzene rings is 1. The van der Waals surface area contributed by atoms with Gasteiger partial charge in [-0.25, -0.2) is 14.8 Å². The van der Waals surface area contributed by atoms with Gasteiger partial charge in [0.25, 0.3) is 0 Å². The molecule has 31 heavy (non-hydrogen) atoms. The molecule has 0 atom stereocenters. The summed E-state index contributed by atoms with van der Waals surface area (Å²) < 4.78 is 31.7. The number of aromatic nitrogens is 6. The molecule has 1 saturated heterocycles. The van der Waals surface area contributed by atoms with E-state index in [0.29, 0.717) is 11.6 Å². The lowest BCUT2D eigenvalue weighted by Gasteiger charge is -2.36. The summed E-state index contributed by atoms with van der Waals surface area (Å²) in [4.78, 5) is 22.3. The van der Waals surface area contributed by atoms with Crippen LogP contribution in [-0.2, 0) is 11.2 Å². The molecular weight excluding hydrogens is 417 g/mol. The van der Waals surface area contributed by atoms with Gasteiger partial charge in [0, 0.05) is 44.8 Å². The van der Waals surface area contributed by atoms with Crippen molar-refractivity contribution in [3.05, 3.63) is 42.5 Å². The normalized spacial score (nSPS) is 14.7. The summed E-state index contributed by atoms with van der Waals surface area (Å²) in [5, 5.41) is 20.9. The van der Waals surface area contributed by atoms with Gasteiger partial charge in [-0.2, -0.15) is 18.3 Å². The number of nitrogens with one attached hydrogen (secondary N) is 2. The van der Waals surface area contributed by atoms with Crippen molar-refractivity contribution in [1.82, 2.24) is 35.3 Å². The highest BCUT2D eigenvalue weighted by atomic mass is 19.4. The Bertz CT molecular complexity index is 938. The molecule has 10 nitrogen and oxygen atoms in total. The molecule has 1 aliphatic rings. The quantitative estimate of drug-likeness (QED) is 0.548. The molecule has 0 aliphatic carbocycles. The van der Waals surface area contributed by atoms with Crippen LogP contribution in [0.4, 0.5) is 18.9 Å². The number of anilines is 1. The summed E-state index contributed by atoms with van der Waals surface area (Å²) >= 11 is 0. The third kappa shape index (κ3) is 6.50. The van der Waals surface area contributed by atoms with Crippen LogP contribution in [0.2, 0.25) is 0 Å². The number of aliphatic carboxylic acids is 1. The first kappa shape index (κ1) is 22.2. The minimum absolute atomic E-state index is 0.566. The molecule has 0 spiro atoms. The summed E-state index contributed by atoms with van der Waals surface area (Å²) in [6, 6.07) is 10.6. The second-order valence-electron chi connectivity index (χ2n) is 6.66. The molecule has 1 aliphatic heterocycles. The second-order valence-corrected chi connectivity index (χ2v) is 6.66. The lowest BCUT2D eigenvalue weighted by atomic mass is 10.2. The van der Waals surface area contributed by atoms with Gasteiger partial charge in [0.2, 0.25) is 5.82 Å². The van der Waals surface area contributed by atoms with Crippen molar-refractivity contribution in [1.29, 1.82) is 0 Å². The van der Waals surface area contributed by atoms with Crippen molar-refractivity contribution < 1.29 is 23.1 Å². The summed E-state index contributed by atoms with van der Waals surface area (Å²) in [7, 11) is 0. The number of carboxylic acid groups (broad SMARTS) is 1. The van der Waals surface area contributed by atoms with E-state index in [2.05, 4.69) is 70.5 Å². The van der Waals surface area contributed by atoms with Crippen molar-refractivity contribution >= 4 is 11.7 Å². The van der Waals surface area contributed by atoms with Gasteiger partial charge in [0.1, 0.15) is 12.2 Å². The molecule has 0 bridgehead atoms. The number of halogens is 3. The van der Waals surface area contributed by atoms with Crippen molar-refractivity contribution in [3.63, 3.8) is 0 Å². The fraction of sp³-hybridized carbons (Fsp3) is 0.389. The third-order valence-electron chi connectivity index (χ3n) is 4.56. The fourth-order valence-electron chi connectivity index (χ4n) is 2.96. The summed E-state index contributed by atoms with van der Waals surface area (Å²) in [6.07, 6.45) is -2.77. The predicted molar refractivity (Wildman–Crippen MR) is 104 cm³/mol. The van der Waals surface area contributed by atoms with Gasteiger partial charge in [0.15, 0.2) is 5.82 Å². The van der Waals surface area contributed by atoms with Crippen molar-refractivity contribution in [2.24, 2.45) is 0 Å². The molecule has 0 radical (unpaired) electrons. The van der Waals surface area contributed by atoms with Crippen molar-refractivity contribution in [2.75, 3.05) is 37.6 Å². The minimum atomic E-state index is -5.08. The van der Waals surface area contributed by atoms with E-state index >= 15 is 0 Å². The number of hydrogen-bond acceptors (Lipinski definition) is 7. The minimum Gasteiger partial charge on any atom is -0.475 e. The first-order valence-electron chi connectivity index (χ1n) is 9.42. The Kier molecular flexibility index (Phi) is 7.18. The summed E-state index contributed by atoms with van der Waals surface area (Å²) in [5.41, 5.74) is 1.31. The molecule has 3 aromatic rings. The molecular formula is C18H21F3N8O2. The van der Waals surface area contributed by atoms with Gasteiger partial charge in [-0.05, 0) is 12.1 Å². The Morgan fingerprint density at radius 1 is 1.10 bits per heavy atom. The van der Waals surface area contributed by atoms with E-state index < -0.39 is 12.1 Å². The molecule has 0 saturated carbocycles. The first-order valence-corrected chi connectivity index (χ1v) is 9.42. The van der Waals surface area contributed by atoms with E-state index in [1.165, 1.54) is 12.0 Å². The zero-order valence-corrected chi connectivity index (χ0v) is 16.4. The predicted octanol–water partition coefficient (Wildman–Crippen LogP) is 1.59. The Labute approximate surface area is 175 Å². The van der Waals surface area contributed by atoms with Gasteiger partial charge in [-0.1, -0.05) is 18.2 Å². The number of aromatic amines is 2. The van der Waals surface area contributed by atoms with Crippen LogP contribution < -0.4 is 4.90 Å². The number of carbonyl (C=O) groups is 1. The topological polar surface area (TPSA) is 127 Å². The van der Waals surface area contributed by atoms with E-state index in [9.17, 15) is 13.2 Å². The first-order chi connectivity index (χ1) is 14.8. The summed E-state index contributed by atoms with van der Waals surface area (Å²) in [6.45, 7) is 5.23. The molecule has 0 amide bonds. The largest absolute Gasteiger partial charge is 0.490 e. The molecule has 2 aromatic heterocycles. The Balaban J connectivity index is 0.000000339. The maximum Gasteiger partial charge on any atom is 0.490 e. The number of piperazine rings is 1. The highest BCUT2D eigenvalue weighted by Gasteiger charge is 2.38. The molecule has 3 N–H and O–H groups in total. The number of carboxylic acids is 1. The van der Waals surface area contributed by atoms with Crippen LogP contribution in [0, 0.1) is 0 Å². The molecule has 3 heterocycles. The number of hydrogen-bond donors (Lipinski definition) is 3. The highest BCUT2D eigenvalue weighted by molar-refractivity contribution is 5.73. The van der Waals surface area contributed by atoms with Crippen LogP contribution >= 0.6 is 0 Å². The lowest BCUT2D eigenvalue weighted by molar-refractivity contribution is -0.192. The average molecular weight is 438 g/mol. The van der Waals surface area contributed by atoms with Gasteiger partial charge in [-0.3, -0.25) is 15.1 Å². The Morgan fingerprint density at radius 3 is 2.35 bits per heavy atom. The van der Waals surface area contributed by atoms with Crippen LogP contribution in [0.25, 0.3) is 11.6 Å². The summed E-state index contributed by atoms with van der Waals surface area (Å²) in [5.74, 6) is -0.718. The Hall–Kier alpha value is -3.48. The van der Waals surface area contributed by atoms with E-state index in [1.54, 1.807) is 0 Å². The van der Waals surface area contributed by atoms with Crippen molar-refractivity contribution in [2.45, 2.75) is 12.6 Å². The standard InChI is InChI=1S/C16H20N8.C2HF3O2/c1-2-4-13(5-3-1)24-10-8-23(9-11-24)7-6-14-19-16(22-20-14)15-17-12-18-21-15;3-2(4,5)1(6)7/h1-5,12H,6-11H2,(H,17,18,21)(H,19,20,22);(H,6,7). The maximum absolute atomic E-state index is 10.6. The SMILES string of the molecule is O=C(O)C(F)(F)F.c1ccc(N2CCN(CCc3nc(-c4ncn[nH]4)n[nH]3)CC2)cc1. The van der Waals surface area contributed by atoms with Crippen LogP contribution in [0.15, 0.2) is 36.7 Å². The smallest absolute Gasteiger partial charge is 0.475 e. The molecule has 13 heteroatoms. The molecule has 0 unspecified atom stereocenters. The van der Waals surface area contributed by atoms with Crippen molar-refractivity contribution in [3.8, 4) is 11.6 Å². The molecule has 1 aromatic carbocycles. The van der Waals surface area contributed by atoms with E-state index in [4.69, 9.17) is 9.90 Å². The molecule has 1 fully saturated rings.